The number of hydrogen-bond acceptors (Lipinski definition) is 6. The first-order valence-electron chi connectivity index (χ1n) is 7.47. The molecule has 0 aliphatic heterocycles. The van der Waals surface area contributed by atoms with Crippen molar-refractivity contribution in [3.63, 3.8) is 0 Å². The van der Waals surface area contributed by atoms with Gasteiger partial charge in [0.05, 0.1) is 21.3 Å². The van der Waals surface area contributed by atoms with E-state index in [1.165, 1.54) is 0 Å². The third-order valence-electron chi connectivity index (χ3n) is 3.49. The molecule has 1 aromatic rings. The molecule has 1 aromatic carbocycles. The van der Waals surface area contributed by atoms with Crippen LogP contribution in [0.4, 0.5) is 0 Å². The van der Waals surface area contributed by atoms with E-state index in [-0.39, 0.29) is 28.7 Å². The molecule has 0 radical (unpaired) electrons. The fourth-order valence-corrected chi connectivity index (χ4v) is 2.56. The lowest BCUT2D eigenvalue weighted by atomic mass is 9.96. The van der Waals surface area contributed by atoms with Gasteiger partial charge in [-0.2, -0.15) is 0 Å². The van der Waals surface area contributed by atoms with E-state index in [0.29, 0.717) is 35.9 Å². The maximum atomic E-state index is 12.9. The predicted molar refractivity (Wildman–Crippen MR) is 101 cm³/mol. The molecule has 6 nitrogen and oxygen atoms in total. The zero-order chi connectivity index (χ0) is 17.6. The van der Waals surface area contributed by atoms with Crippen LogP contribution in [0.2, 0.25) is 0 Å². The number of nitrogens with zero attached hydrogens (tertiary/aromatic N) is 2. The molecule has 0 fully saturated rings. The summed E-state index contributed by atoms with van der Waals surface area (Å²) in [5, 5.41) is 0. The highest BCUT2D eigenvalue weighted by molar-refractivity contribution is 8.93. The maximum Gasteiger partial charge on any atom is 0.203 e. The molecule has 0 atom stereocenters. The molecule has 0 spiro atoms. The molecule has 0 bridgehead atoms. The molecule has 0 aliphatic carbocycles. The Hall–Kier alpha value is -1.31. The van der Waals surface area contributed by atoms with Crippen molar-refractivity contribution < 1.29 is 19.0 Å². The molecule has 0 aliphatic rings. The second-order valence-corrected chi connectivity index (χ2v) is 6.00. The van der Waals surface area contributed by atoms with Crippen molar-refractivity contribution >= 4 is 22.8 Å². The van der Waals surface area contributed by atoms with Gasteiger partial charge in [0.25, 0.3) is 0 Å². The smallest absolute Gasteiger partial charge is 0.203 e. The van der Waals surface area contributed by atoms with Crippen molar-refractivity contribution in [2.24, 2.45) is 5.92 Å². The number of ketones is 1. The second kappa shape index (κ2) is 10.5. The molecular formula is C17H29BrN2O4. The fourth-order valence-electron chi connectivity index (χ4n) is 2.56. The van der Waals surface area contributed by atoms with Gasteiger partial charge >= 0.3 is 0 Å². The molecule has 0 unspecified atom stereocenters. The molecule has 0 N–H and O–H groups in total. The van der Waals surface area contributed by atoms with Crippen molar-refractivity contribution in [1.29, 1.82) is 0 Å². The number of Topliss-reactive ketones (excluding diaryl/α,β-unsaturated/α-hetero) is 1. The van der Waals surface area contributed by atoms with Crippen LogP contribution in [0, 0.1) is 5.92 Å². The number of carbonyl (C=O) groups excluding carboxylic acids is 1. The Morgan fingerprint density at radius 1 is 0.917 bits per heavy atom. The van der Waals surface area contributed by atoms with Gasteiger partial charge in [0.1, 0.15) is 0 Å². The summed E-state index contributed by atoms with van der Waals surface area (Å²) in [5.74, 6) is 1.39. The van der Waals surface area contributed by atoms with Crippen LogP contribution in [0.5, 0.6) is 17.2 Å². The van der Waals surface area contributed by atoms with Gasteiger partial charge in [-0.25, -0.2) is 0 Å². The maximum absolute atomic E-state index is 12.9. The van der Waals surface area contributed by atoms with E-state index in [0.717, 1.165) is 0 Å². The fraction of sp³-hybridized carbons (Fsp3) is 0.588. The first kappa shape index (κ1) is 22.7. The monoisotopic (exact) mass is 404 g/mol. The normalized spacial score (nSPS) is 10.8. The topological polar surface area (TPSA) is 51.2 Å². The molecule has 7 heteroatoms. The molecule has 1 rings (SSSR count). The number of halogens is 1. The lowest BCUT2D eigenvalue weighted by Crippen LogP contribution is -2.35. The summed E-state index contributed by atoms with van der Waals surface area (Å²) >= 11 is 0. The molecule has 0 saturated carbocycles. The Morgan fingerprint density at radius 2 is 1.33 bits per heavy atom. The molecule has 0 aromatic heterocycles. The zero-order valence-corrected chi connectivity index (χ0v) is 17.3. The van der Waals surface area contributed by atoms with Crippen molar-refractivity contribution in [3.8, 4) is 17.2 Å². The van der Waals surface area contributed by atoms with Crippen molar-refractivity contribution in [2.75, 3.05) is 62.6 Å². The van der Waals surface area contributed by atoms with Gasteiger partial charge in [0.15, 0.2) is 17.3 Å². The van der Waals surface area contributed by atoms with E-state index < -0.39 is 0 Å². The van der Waals surface area contributed by atoms with Gasteiger partial charge in [0, 0.05) is 24.6 Å². The highest BCUT2D eigenvalue weighted by Crippen LogP contribution is 2.38. The van der Waals surface area contributed by atoms with E-state index in [2.05, 4.69) is 0 Å². The van der Waals surface area contributed by atoms with Crippen molar-refractivity contribution in [2.45, 2.75) is 0 Å². The highest BCUT2D eigenvalue weighted by atomic mass is 79.9. The Balaban J connectivity index is 0.00000529. The average Bonchev–Trinajstić information content (AvgIpc) is 2.50. The summed E-state index contributed by atoms with van der Waals surface area (Å²) in [6.07, 6.45) is 0. The quantitative estimate of drug-likeness (QED) is 0.588. The first-order valence-corrected chi connectivity index (χ1v) is 7.47. The summed E-state index contributed by atoms with van der Waals surface area (Å²) in [4.78, 5) is 17.0. The van der Waals surface area contributed by atoms with E-state index in [1.807, 2.05) is 38.0 Å². The van der Waals surface area contributed by atoms with E-state index in [9.17, 15) is 4.79 Å². The molecular weight excluding hydrogens is 376 g/mol. The lowest BCUT2D eigenvalue weighted by Gasteiger charge is -2.24. The minimum absolute atomic E-state index is 0. The number of benzene rings is 1. The third kappa shape index (κ3) is 5.96. The van der Waals surface area contributed by atoms with Gasteiger partial charge in [-0.15, -0.1) is 17.0 Å². The summed E-state index contributed by atoms with van der Waals surface area (Å²) in [7, 11) is 12.5. The minimum Gasteiger partial charge on any atom is -0.493 e. The molecule has 0 saturated heterocycles. The Kier molecular flexibility index (Phi) is 9.96. The predicted octanol–water partition coefficient (Wildman–Crippen LogP) is 2.21. The number of rotatable bonds is 9. The summed E-state index contributed by atoms with van der Waals surface area (Å²) in [6, 6.07) is 3.42. The SMILES string of the molecule is Br.COc1cc(C(=O)C(CN(C)C)CN(C)C)cc(OC)c1OC. The van der Waals surface area contributed by atoms with E-state index in [1.54, 1.807) is 33.5 Å². The van der Waals surface area contributed by atoms with Crippen LogP contribution < -0.4 is 14.2 Å². The van der Waals surface area contributed by atoms with E-state index in [4.69, 9.17) is 14.2 Å². The third-order valence-corrected chi connectivity index (χ3v) is 3.49. The number of carbonyl (C=O) groups is 1. The Bertz CT molecular complexity index is 500. The highest BCUT2D eigenvalue weighted by Gasteiger charge is 2.24. The molecule has 24 heavy (non-hydrogen) atoms. The van der Waals surface area contributed by atoms with Crippen molar-refractivity contribution in [1.82, 2.24) is 9.80 Å². The van der Waals surface area contributed by atoms with Crippen LogP contribution in [0.1, 0.15) is 10.4 Å². The summed E-state index contributed by atoms with van der Waals surface area (Å²) < 4.78 is 16.0. The summed E-state index contributed by atoms with van der Waals surface area (Å²) in [5.41, 5.74) is 0.563. The van der Waals surface area contributed by atoms with Crippen LogP contribution in [0.25, 0.3) is 0 Å². The molecule has 0 amide bonds. The second-order valence-electron chi connectivity index (χ2n) is 6.00. The molecule has 138 valence electrons. The van der Waals surface area contributed by atoms with Gasteiger partial charge in [-0.3, -0.25) is 4.79 Å². The van der Waals surface area contributed by atoms with Crippen LogP contribution in [0.3, 0.4) is 0 Å². The lowest BCUT2D eigenvalue weighted by molar-refractivity contribution is 0.0870. The van der Waals surface area contributed by atoms with Crippen LogP contribution in [0.15, 0.2) is 12.1 Å². The Morgan fingerprint density at radius 3 is 1.62 bits per heavy atom. The van der Waals surface area contributed by atoms with Crippen LogP contribution in [-0.4, -0.2) is 78.2 Å². The number of hydrogen-bond donors (Lipinski definition) is 0. The number of methoxy groups -OCH3 is 3. The van der Waals surface area contributed by atoms with Crippen LogP contribution in [-0.2, 0) is 0 Å². The zero-order valence-electron chi connectivity index (χ0n) is 15.6. The van der Waals surface area contributed by atoms with Crippen molar-refractivity contribution in [3.05, 3.63) is 17.7 Å². The first-order chi connectivity index (χ1) is 10.8. The number of ether oxygens (including phenoxy) is 3. The average molecular weight is 405 g/mol. The van der Waals surface area contributed by atoms with E-state index >= 15 is 0 Å². The van der Waals surface area contributed by atoms with Gasteiger partial charge in [-0.05, 0) is 40.3 Å². The molecule has 0 heterocycles. The largest absolute Gasteiger partial charge is 0.493 e. The Labute approximate surface area is 155 Å². The standard InChI is InChI=1S/C17H28N2O4.BrH/c1-18(2)10-13(11-19(3)4)16(20)12-8-14(21-5)17(23-7)15(9-12)22-6;/h8-9,13H,10-11H2,1-7H3;1H. The summed E-state index contributed by atoms with van der Waals surface area (Å²) in [6.45, 7) is 1.35. The minimum atomic E-state index is -0.136. The van der Waals surface area contributed by atoms with Gasteiger partial charge in [0.2, 0.25) is 5.75 Å². The van der Waals surface area contributed by atoms with Crippen LogP contribution >= 0.6 is 17.0 Å². The van der Waals surface area contributed by atoms with Gasteiger partial charge < -0.3 is 24.0 Å². The van der Waals surface area contributed by atoms with Gasteiger partial charge in [-0.1, -0.05) is 0 Å².